The van der Waals surface area contributed by atoms with E-state index in [1.807, 2.05) is 31.0 Å². The summed E-state index contributed by atoms with van der Waals surface area (Å²) >= 11 is 5.23. The van der Waals surface area contributed by atoms with Crippen molar-refractivity contribution in [3.8, 4) is 0 Å². The second kappa shape index (κ2) is 5.84. The monoisotopic (exact) mass is 326 g/mol. The molecule has 0 saturated heterocycles. The lowest BCUT2D eigenvalue weighted by molar-refractivity contribution is 0.719. The SMILES string of the molecule is CCc1nn(C)c(CSc2ncc(C)cn2)c1Br. The number of hydrogen-bond donors (Lipinski definition) is 0. The Kier molecular flexibility index (Phi) is 4.40. The summed E-state index contributed by atoms with van der Waals surface area (Å²) in [6, 6.07) is 0. The highest BCUT2D eigenvalue weighted by Gasteiger charge is 2.13. The van der Waals surface area contributed by atoms with Crippen molar-refractivity contribution in [2.45, 2.75) is 31.2 Å². The first-order valence-electron chi connectivity index (χ1n) is 5.73. The average molecular weight is 327 g/mol. The molecule has 0 bridgehead atoms. The smallest absolute Gasteiger partial charge is 0.187 e. The number of thioether (sulfide) groups is 1. The normalized spacial score (nSPS) is 10.9. The first kappa shape index (κ1) is 13.5. The number of rotatable bonds is 4. The molecule has 2 aromatic rings. The zero-order chi connectivity index (χ0) is 13.1. The summed E-state index contributed by atoms with van der Waals surface area (Å²) in [6.07, 6.45) is 4.61. The second-order valence-corrected chi connectivity index (χ2v) is 5.75. The minimum atomic E-state index is 0.798. The van der Waals surface area contributed by atoms with Crippen LogP contribution in [-0.4, -0.2) is 19.7 Å². The van der Waals surface area contributed by atoms with Gasteiger partial charge >= 0.3 is 0 Å². The molecule has 6 heteroatoms. The van der Waals surface area contributed by atoms with E-state index in [0.717, 1.165) is 33.1 Å². The highest BCUT2D eigenvalue weighted by Crippen LogP contribution is 2.27. The molecule has 18 heavy (non-hydrogen) atoms. The largest absolute Gasteiger partial charge is 0.270 e. The summed E-state index contributed by atoms with van der Waals surface area (Å²) in [5, 5.41) is 5.27. The van der Waals surface area contributed by atoms with Crippen molar-refractivity contribution < 1.29 is 0 Å². The Labute approximate surface area is 119 Å². The van der Waals surface area contributed by atoms with Crippen LogP contribution >= 0.6 is 27.7 Å². The van der Waals surface area contributed by atoms with Gasteiger partial charge in [-0.25, -0.2) is 9.97 Å². The van der Waals surface area contributed by atoms with Crippen molar-refractivity contribution in [3.63, 3.8) is 0 Å². The Morgan fingerprint density at radius 1 is 1.33 bits per heavy atom. The fourth-order valence-electron chi connectivity index (χ4n) is 1.56. The molecule has 0 aliphatic carbocycles. The number of nitrogens with zero attached hydrogens (tertiary/aromatic N) is 4. The van der Waals surface area contributed by atoms with Gasteiger partial charge < -0.3 is 0 Å². The molecule has 0 radical (unpaired) electrons. The maximum atomic E-state index is 4.47. The van der Waals surface area contributed by atoms with Crippen molar-refractivity contribution in [2.75, 3.05) is 0 Å². The van der Waals surface area contributed by atoms with Crippen molar-refractivity contribution in [2.24, 2.45) is 7.05 Å². The van der Waals surface area contributed by atoms with Crippen LogP contribution in [0.4, 0.5) is 0 Å². The van der Waals surface area contributed by atoms with Crippen LogP contribution in [0.1, 0.15) is 23.9 Å². The van der Waals surface area contributed by atoms with Gasteiger partial charge in [0.2, 0.25) is 0 Å². The van der Waals surface area contributed by atoms with Gasteiger partial charge in [-0.15, -0.1) is 0 Å². The number of aromatic nitrogens is 4. The van der Waals surface area contributed by atoms with E-state index >= 15 is 0 Å². The van der Waals surface area contributed by atoms with E-state index in [-0.39, 0.29) is 0 Å². The molecule has 0 aliphatic rings. The van der Waals surface area contributed by atoms with E-state index in [1.54, 1.807) is 11.8 Å². The molecule has 0 fully saturated rings. The van der Waals surface area contributed by atoms with Gasteiger partial charge in [-0.05, 0) is 34.8 Å². The molecule has 0 aromatic carbocycles. The van der Waals surface area contributed by atoms with Gasteiger partial charge in [0.1, 0.15) is 0 Å². The minimum absolute atomic E-state index is 0.798. The Morgan fingerprint density at radius 2 is 2.00 bits per heavy atom. The van der Waals surface area contributed by atoms with Crippen LogP contribution in [-0.2, 0) is 19.2 Å². The lowest BCUT2D eigenvalue weighted by Gasteiger charge is -2.02. The predicted molar refractivity (Wildman–Crippen MR) is 76.6 cm³/mol. The topological polar surface area (TPSA) is 43.6 Å². The highest BCUT2D eigenvalue weighted by molar-refractivity contribution is 9.10. The Morgan fingerprint density at radius 3 is 2.56 bits per heavy atom. The molecular formula is C12H15BrN4S. The van der Waals surface area contributed by atoms with Gasteiger partial charge in [-0.2, -0.15) is 5.10 Å². The summed E-state index contributed by atoms with van der Waals surface area (Å²) < 4.78 is 3.02. The van der Waals surface area contributed by atoms with Crippen LogP contribution in [0.3, 0.4) is 0 Å². The zero-order valence-electron chi connectivity index (χ0n) is 10.6. The predicted octanol–water partition coefficient (Wildman–Crippen LogP) is 3.14. The third-order valence-electron chi connectivity index (χ3n) is 2.60. The van der Waals surface area contributed by atoms with Crippen molar-refractivity contribution in [3.05, 3.63) is 33.8 Å². The lowest BCUT2D eigenvalue weighted by atomic mass is 10.3. The summed E-state index contributed by atoms with van der Waals surface area (Å²) in [5.41, 5.74) is 3.34. The second-order valence-electron chi connectivity index (χ2n) is 4.02. The van der Waals surface area contributed by atoms with Crippen molar-refractivity contribution in [1.82, 2.24) is 19.7 Å². The first-order chi connectivity index (χ1) is 8.61. The Balaban J connectivity index is 2.10. The number of halogens is 1. The molecule has 0 spiro atoms. The molecular weight excluding hydrogens is 312 g/mol. The number of hydrogen-bond acceptors (Lipinski definition) is 4. The van der Waals surface area contributed by atoms with E-state index in [1.165, 1.54) is 5.69 Å². The van der Waals surface area contributed by atoms with E-state index in [9.17, 15) is 0 Å². The summed E-state index contributed by atoms with van der Waals surface area (Å²) in [6.45, 7) is 4.09. The van der Waals surface area contributed by atoms with Crippen LogP contribution in [0.5, 0.6) is 0 Å². The van der Waals surface area contributed by atoms with Crippen LogP contribution in [0.15, 0.2) is 22.0 Å². The molecule has 96 valence electrons. The van der Waals surface area contributed by atoms with Crippen LogP contribution < -0.4 is 0 Å². The molecule has 0 aliphatic heterocycles. The third kappa shape index (κ3) is 2.92. The molecule has 2 heterocycles. The number of aryl methyl sites for hydroxylation is 3. The maximum absolute atomic E-state index is 4.47. The lowest BCUT2D eigenvalue weighted by Crippen LogP contribution is -1.97. The Bertz CT molecular complexity index is 536. The molecule has 0 unspecified atom stereocenters. The molecule has 2 aromatic heterocycles. The Hall–Kier alpha value is -0.880. The first-order valence-corrected chi connectivity index (χ1v) is 7.51. The fraction of sp³-hybridized carbons (Fsp3) is 0.417. The molecule has 2 rings (SSSR count). The van der Waals surface area contributed by atoms with Gasteiger partial charge in [0.05, 0.1) is 15.9 Å². The van der Waals surface area contributed by atoms with Crippen molar-refractivity contribution >= 4 is 27.7 Å². The maximum Gasteiger partial charge on any atom is 0.187 e. The molecule has 0 amide bonds. The van der Waals surface area contributed by atoms with E-state index < -0.39 is 0 Å². The molecule has 0 atom stereocenters. The van der Waals surface area contributed by atoms with E-state index in [0.29, 0.717) is 0 Å². The summed E-state index contributed by atoms with van der Waals surface area (Å²) in [7, 11) is 1.97. The highest BCUT2D eigenvalue weighted by atomic mass is 79.9. The molecule has 4 nitrogen and oxygen atoms in total. The van der Waals surface area contributed by atoms with E-state index in [4.69, 9.17) is 0 Å². The quantitative estimate of drug-likeness (QED) is 0.639. The van der Waals surface area contributed by atoms with Crippen LogP contribution in [0.25, 0.3) is 0 Å². The van der Waals surface area contributed by atoms with Gasteiger partial charge in [-0.3, -0.25) is 4.68 Å². The van der Waals surface area contributed by atoms with Gasteiger partial charge in [-0.1, -0.05) is 18.7 Å². The molecule has 0 N–H and O–H groups in total. The summed E-state index contributed by atoms with van der Waals surface area (Å²) in [4.78, 5) is 8.57. The standard InChI is InChI=1S/C12H15BrN4S/c1-4-9-11(13)10(17(3)16-9)7-18-12-14-5-8(2)6-15-12/h5-6H,4,7H2,1-3H3. The van der Waals surface area contributed by atoms with Crippen molar-refractivity contribution in [1.29, 1.82) is 0 Å². The fourth-order valence-corrected chi connectivity index (χ4v) is 3.36. The zero-order valence-corrected chi connectivity index (χ0v) is 13.0. The molecule has 0 saturated carbocycles. The van der Waals surface area contributed by atoms with E-state index in [2.05, 4.69) is 37.9 Å². The van der Waals surface area contributed by atoms with Gasteiger partial charge in [0.15, 0.2) is 5.16 Å². The van der Waals surface area contributed by atoms with Crippen LogP contribution in [0.2, 0.25) is 0 Å². The van der Waals surface area contributed by atoms with Crippen LogP contribution in [0, 0.1) is 6.92 Å². The third-order valence-corrected chi connectivity index (χ3v) is 4.40. The van der Waals surface area contributed by atoms with Gasteiger partial charge in [0, 0.05) is 25.2 Å². The summed E-state index contributed by atoms with van der Waals surface area (Å²) in [5.74, 6) is 0.813. The average Bonchev–Trinajstić information content (AvgIpc) is 2.64. The minimum Gasteiger partial charge on any atom is -0.270 e. The van der Waals surface area contributed by atoms with Gasteiger partial charge in [0.25, 0.3) is 0 Å².